The molecule has 0 aliphatic carbocycles. The van der Waals surface area contributed by atoms with Crippen molar-refractivity contribution in [2.45, 2.75) is 20.8 Å². The highest BCUT2D eigenvalue weighted by atomic mass is 32.2. The molecule has 9 heteroatoms. The van der Waals surface area contributed by atoms with Gasteiger partial charge in [0.05, 0.1) is 5.92 Å². The molecule has 8 nitrogen and oxygen atoms in total. The molecule has 1 heterocycles. The standard InChI is InChI=1S/C8H17N5O3S/c1-5(2)7-9-12-13(10-7)4-6(3)8(14)11-17(15)16/h5-6,12H,4H2,1-3H3,(H3,9,10,11,14,15,16)/p-2. The second kappa shape index (κ2) is 5.94. The lowest BCUT2D eigenvalue weighted by Gasteiger charge is -2.24. The number of rotatable bonds is 5. The van der Waals surface area contributed by atoms with E-state index in [1.165, 1.54) is 5.12 Å². The van der Waals surface area contributed by atoms with E-state index >= 15 is 0 Å². The zero-order valence-corrected chi connectivity index (χ0v) is 10.7. The predicted molar refractivity (Wildman–Crippen MR) is 61.7 cm³/mol. The molecular weight excluding hydrogens is 246 g/mol. The van der Waals surface area contributed by atoms with E-state index in [0.717, 1.165) is 0 Å². The second-order valence-electron chi connectivity index (χ2n) is 4.01. The van der Waals surface area contributed by atoms with Gasteiger partial charge in [-0.2, -0.15) is 0 Å². The summed E-state index contributed by atoms with van der Waals surface area (Å²) in [7, 11) is 0. The fourth-order valence-corrected chi connectivity index (χ4v) is 1.49. The molecule has 0 aromatic heterocycles. The van der Waals surface area contributed by atoms with Gasteiger partial charge in [0.1, 0.15) is 0 Å². The summed E-state index contributed by atoms with van der Waals surface area (Å²) in [5.74, 6) is -0.269. The molecule has 2 unspecified atom stereocenters. The lowest BCUT2D eigenvalue weighted by atomic mass is 10.2. The van der Waals surface area contributed by atoms with Gasteiger partial charge in [-0.1, -0.05) is 26.6 Å². The van der Waals surface area contributed by atoms with Crippen LogP contribution in [0.3, 0.4) is 0 Å². The third-order valence-electron chi connectivity index (χ3n) is 2.10. The van der Waals surface area contributed by atoms with E-state index in [1.807, 2.05) is 13.8 Å². The minimum Gasteiger partial charge on any atom is -0.755 e. The first-order chi connectivity index (χ1) is 7.90. The third-order valence-corrected chi connectivity index (χ3v) is 2.47. The molecule has 1 amide bonds. The van der Waals surface area contributed by atoms with Crippen LogP contribution in [0.1, 0.15) is 20.8 Å². The van der Waals surface area contributed by atoms with Gasteiger partial charge < -0.3 is 20.2 Å². The summed E-state index contributed by atoms with van der Waals surface area (Å²) >= 11 is -2.58. The lowest BCUT2D eigenvalue weighted by Crippen LogP contribution is -2.38. The quantitative estimate of drug-likeness (QED) is 0.655. The topological polar surface area (TPSA) is 111 Å². The van der Waals surface area contributed by atoms with Gasteiger partial charge in [0.15, 0.2) is 0 Å². The maximum Gasteiger partial charge on any atom is 0.235 e. The highest BCUT2D eigenvalue weighted by Gasteiger charge is 2.16. The van der Waals surface area contributed by atoms with Crippen molar-refractivity contribution in [2.24, 2.45) is 16.9 Å². The minimum absolute atomic E-state index is 0.186. The van der Waals surface area contributed by atoms with Crippen LogP contribution in [-0.4, -0.2) is 32.2 Å². The smallest absolute Gasteiger partial charge is 0.235 e. The first-order valence-electron chi connectivity index (χ1n) is 5.12. The van der Waals surface area contributed by atoms with Crippen LogP contribution in [0.5, 0.6) is 0 Å². The number of hydrazone groups is 1. The number of amides is 1. The molecule has 0 fully saturated rings. The molecule has 1 aliphatic heterocycles. The first kappa shape index (κ1) is 13.9. The van der Waals surface area contributed by atoms with Gasteiger partial charge in [-0.15, -0.1) is 0 Å². The highest BCUT2D eigenvalue weighted by Crippen LogP contribution is 2.12. The first-order valence-corrected chi connectivity index (χ1v) is 6.19. The Labute approximate surface area is 102 Å². The van der Waals surface area contributed by atoms with Gasteiger partial charge in [-0.3, -0.25) is 13.7 Å². The summed E-state index contributed by atoms with van der Waals surface area (Å²) in [6.07, 6.45) is 0. The van der Waals surface area contributed by atoms with E-state index in [0.29, 0.717) is 5.84 Å². The minimum atomic E-state index is -2.58. The molecule has 0 aromatic rings. The Morgan fingerprint density at radius 2 is 2.29 bits per heavy atom. The van der Waals surface area contributed by atoms with Crippen LogP contribution in [0.25, 0.3) is 5.43 Å². The summed E-state index contributed by atoms with van der Waals surface area (Å²) < 4.78 is 22.4. The number of amidine groups is 1. The molecule has 1 aliphatic rings. The Balaban J connectivity index is 2.45. The molecule has 0 bridgehead atoms. The number of hydrogen-bond donors (Lipinski definition) is 2. The molecular formula is C8H15N5O3S-2. The van der Waals surface area contributed by atoms with Crippen LogP contribution in [0.4, 0.5) is 0 Å². The van der Waals surface area contributed by atoms with E-state index in [-0.39, 0.29) is 12.5 Å². The van der Waals surface area contributed by atoms with Crippen molar-refractivity contribution in [1.29, 1.82) is 0 Å². The molecule has 0 saturated heterocycles. The van der Waals surface area contributed by atoms with Gasteiger partial charge in [-0.25, -0.2) is 5.53 Å². The molecule has 1 rings (SSSR count). The van der Waals surface area contributed by atoms with Crippen LogP contribution in [0, 0.1) is 11.8 Å². The summed E-state index contributed by atoms with van der Waals surface area (Å²) in [6.45, 7) is 5.74. The van der Waals surface area contributed by atoms with E-state index in [4.69, 9.17) is 0 Å². The Hall–Kier alpha value is -1.19. The van der Waals surface area contributed by atoms with Gasteiger partial charge >= 0.3 is 0 Å². The van der Waals surface area contributed by atoms with Crippen molar-refractivity contribution in [3.8, 4) is 0 Å². The van der Waals surface area contributed by atoms with Crippen LogP contribution in [0.2, 0.25) is 0 Å². The van der Waals surface area contributed by atoms with Crippen LogP contribution in [0.15, 0.2) is 5.10 Å². The van der Waals surface area contributed by atoms with Crippen molar-refractivity contribution >= 4 is 23.0 Å². The summed E-state index contributed by atoms with van der Waals surface area (Å²) in [5, 5.41) is 5.54. The molecule has 0 radical (unpaired) electrons. The molecule has 2 N–H and O–H groups in total. The summed E-state index contributed by atoms with van der Waals surface area (Å²) in [4.78, 5) is 11.3. The molecule has 0 aromatic carbocycles. The van der Waals surface area contributed by atoms with Crippen molar-refractivity contribution in [1.82, 2.24) is 15.4 Å². The van der Waals surface area contributed by atoms with Crippen LogP contribution in [-0.2, 0) is 16.1 Å². The molecule has 2 atom stereocenters. The van der Waals surface area contributed by atoms with Gasteiger partial charge in [0.25, 0.3) is 0 Å². The molecule has 98 valence electrons. The average Bonchev–Trinajstić information content (AvgIpc) is 2.65. The van der Waals surface area contributed by atoms with E-state index in [9.17, 15) is 13.6 Å². The Morgan fingerprint density at radius 3 is 2.76 bits per heavy atom. The zero-order chi connectivity index (χ0) is 13.0. The van der Waals surface area contributed by atoms with Crippen LogP contribution < -0.4 is 10.3 Å². The third kappa shape index (κ3) is 4.29. The Bertz CT molecular complexity index is 346. The van der Waals surface area contributed by atoms with E-state index in [2.05, 4.69) is 16.1 Å². The SMILES string of the molecule is CC(C)C1=NN(CC(C)C(=O)NS(=O)[O-])N[N-]1. The fraction of sp³-hybridized carbons (Fsp3) is 0.750. The van der Waals surface area contributed by atoms with Crippen molar-refractivity contribution in [3.63, 3.8) is 0 Å². The fourth-order valence-electron chi connectivity index (χ4n) is 1.13. The largest absolute Gasteiger partial charge is 0.755 e. The molecule has 0 saturated carbocycles. The highest BCUT2D eigenvalue weighted by molar-refractivity contribution is 7.77. The van der Waals surface area contributed by atoms with Crippen molar-refractivity contribution < 1.29 is 13.6 Å². The normalized spacial score (nSPS) is 18.6. The van der Waals surface area contributed by atoms with Crippen molar-refractivity contribution in [3.05, 3.63) is 5.43 Å². The molecule has 17 heavy (non-hydrogen) atoms. The molecule has 0 spiro atoms. The number of nitrogens with one attached hydrogen (secondary N) is 2. The number of carbonyl (C=O) groups is 1. The lowest BCUT2D eigenvalue weighted by molar-refractivity contribution is -0.123. The van der Waals surface area contributed by atoms with E-state index in [1.54, 1.807) is 11.6 Å². The second-order valence-corrected chi connectivity index (χ2v) is 4.68. The predicted octanol–water partition coefficient (Wildman–Crippen LogP) is -0.389. The Kier molecular flexibility index (Phi) is 4.85. The summed E-state index contributed by atoms with van der Waals surface area (Å²) in [5.41, 5.74) is 6.61. The monoisotopic (exact) mass is 261 g/mol. The number of hydrogen-bond acceptors (Lipinski definition) is 6. The van der Waals surface area contributed by atoms with E-state index < -0.39 is 23.1 Å². The number of carbonyl (C=O) groups excluding carboxylic acids is 1. The van der Waals surface area contributed by atoms with Gasteiger partial charge in [0.2, 0.25) is 5.91 Å². The summed E-state index contributed by atoms with van der Waals surface area (Å²) in [6, 6.07) is 0. The maximum atomic E-state index is 11.3. The van der Waals surface area contributed by atoms with Crippen molar-refractivity contribution in [2.75, 3.05) is 6.54 Å². The average molecular weight is 261 g/mol. The number of hydrazine groups is 1. The van der Waals surface area contributed by atoms with Gasteiger partial charge in [0, 0.05) is 17.8 Å². The van der Waals surface area contributed by atoms with Gasteiger partial charge in [-0.05, 0) is 5.92 Å². The zero-order valence-electron chi connectivity index (χ0n) is 9.84. The maximum absolute atomic E-state index is 11.3. The van der Waals surface area contributed by atoms with Crippen LogP contribution >= 0.6 is 0 Å². The number of nitrogens with zero attached hydrogens (tertiary/aromatic N) is 3. The Morgan fingerprint density at radius 1 is 1.65 bits per heavy atom.